The Labute approximate surface area is 121 Å². The van der Waals surface area contributed by atoms with Gasteiger partial charge in [0.25, 0.3) is 5.69 Å². The molecular weight excluding hydrogens is 274 g/mol. The predicted octanol–water partition coefficient (Wildman–Crippen LogP) is 3.71. The minimum absolute atomic E-state index is 0.117. The maximum Gasteiger partial charge on any atom is 0.269 e. The monoisotopic (exact) mass is 289 g/mol. The smallest absolute Gasteiger partial charge is 0.269 e. The molecule has 0 radical (unpaired) electrons. The van der Waals surface area contributed by atoms with Gasteiger partial charge in [-0.2, -0.15) is 0 Å². The van der Waals surface area contributed by atoms with Crippen LogP contribution in [-0.4, -0.2) is 16.5 Å². The minimum Gasteiger partial charge on any atom is -0.370 e. The summed E-state index contributed by atoms with van der Waals surface area (Å²) in [5, 5.41) is 13.7. The molecule has 2 rings (SSSR count). The van der Waals surface area contributed by atoms with Gasteiger partial charge in [-0.05, 0) is 30.7 Å². The molecule has 0 saturated heterocycles. The third-order valence-electron chi connectivity index (χ3n) is 2.64. The van der Waals surface area contributed by atoms with Gasteiger partial charge in [-0.3, -0.25) is 10.1 Å². The highest BCUT2D eigenvalue weighted by molar-refractivity contribution is 7.98. The lowest BCUT2D eigenvalue weighted by molar-refractivity contribution is -0.384. The zero-order chi connectivity index (χ0) is 14.4. The Bertz CT molecular complexity index is 570. The van der Waals surface area contributed by atoms with Gasteiger partial charge in [-0.25, -0.2) is 4.98 Å². The zero-order valence-electron chi connectivity index (χ0n) is 11.1. The minimum atomic E-state index is -0.391. The van der Waals surface area contributed by atoms with E-state index in [2.05, 4.69) is 10.3 Å². The van der Waals surface area contributed by atoms with Crippen molar-refractivity contribution in [3.63, 3.8) is 0 Å². The first-order valence-corrected chi connectivity index (χ1v) is 7.23. The summed E-state index contributed by atoms with van der Waals surface area (Å²) < 4.78 is 0. The largest absolute Gasteiger partial charge is 0.370 e. The van der Waals surface area contributed by atoms with E-state index in [1.807, 2.05) is 25.3 Å². The first-order chi connectivity index (χ1) is 9.69. The zero-order valence-corrected chi connectivity index (χ0v) is 11.9. The van der Waals surface area contributed by atoms with Crippen molar-refractivity contribution in [3.05, 3.63) is 58.3 Å². The van der Waals surface area contributed by atoms with Gasteiger partial charge in [0.1, 0.15) is 5.82 Å². The van der Waals surface area contributed by atoms with Crippen LogP contribution >= 0.6 is 11.8 Å². The fourth-order valence-corrected chi connectivity index (χ4v) is 2.46. The van der Waals surface area contributed by atoms with E-state index in [0.717, 1.165) is 28.6 Å². The van der Waals surface area contributed by atoms with Crippen LogP contribution in [-0.2, 0) is 5.75 Å². The number of nitro groups is 1. The number of anilines is 1. The molecule has 0 saturated carbocycles. The van der Waals surface area contributed by atoms with E-state index >= 15 is 0 Å². The highest BCUT2D eigenvalue weighted by atomic mass is 32.2. The second-order valence-corrected chi connectivity index (χ2v) is 5.17. The van der Waals surface area contributed by atoms with E-state index in [9.17, 15) is 10.1 Å². The molecule has 0 bridgehead atoms. The summed E-state index contributed by atoms with van der Waals surface area (Å²) in [6.45, 7) is 2.88. The summed E-state index contributed by atoms with van der Waals surface area (Å²) in [6, 6.07) is 10.6. The number of hydrogen-bond acceptors (Lipinski definition) is 5. The predicted molar refractivity (Wildman–Crippen MR) is 81.1 cm³/mol. The van der Waals surface area contributed by atoms with Gasteiger partial charge in [0.05, 0.1) is 4.92 Å². The van der Waals surface area contributed by atoms with Crippen LogP contribution in [0.4, 0.5) is 11.5 Å². The van der Waals surface area contributed by atoms with Gasteiger partial charge in [-0.1, -0.05) is 6.07 Å². The lowest BCUT2D eigenvalue weighted by atomic mass is 10.3. The van der Waals surface area contributed by atoms with Crippen LogP contribution in [0.3, 0.4) is 0 Å². The summed E-state index contributed by atoms with van der Waals surface area (Å²) >= 11 is 1.63. The van der Waals surface area contributed by atoms with E-state index in [1.165, 1.54) is 12.1 Å². The highest BCUT2D eigenvalue weighted by Crippen LogP contribution is 2.24. The Morgan fingerprint density at radius 2 is 2.00 bits per heavy atom. The van der Waals surface area contributed by atoms with Crippen LogP contribution in [0.15, 0.2) is 47.5 Å². The van der Waals surface area contributed by atoms with Gasteiger partial charge in [0, 0.05) is 35.5 Å². The van der Waals surface area contributed by atoms with Gasteiger partial charge >= 0.3 is 0 Å². The number of aromatic nitrogens is 1. The lowest BCUT2D eigenvalue weighted by Crippen LogP contribution is -1.98. The van der Waals surface area contributed by atoms with E-state index in [4.69, 9.17) is 0 Å². The van der Waals surface area contributed by atoms with Gasteiger partial charge in [0.15, 0.2) is 0 Å². The molecule has 0 aliphatic carbocycles. The molecule has 0 atom stereocenters. The Morgan fingerprint density at radius 3 is 2.55 bits per heavy atom. The van der Waals surface area contributed by atoms with Crippen molar-refractivity contribution in [2.24, 2.45) is 0 Å². The number of thioether (sulfide) groups is 1. The molecule has 0 spiro atoms. The van der Waals surface area contributed by atoms with Crippen molar-refractivity contribution in [1.82, 2.24) is 4.98 Å². The molecule has 1 aromatic heterocycles. The Kier molecular flexibility index (Phi) is 4.95. The Balaban J connectivity index is 1.92. The topological polar surface area (TPSA) is 68.1 Å². The summed E-state index contributed by atoms with van der Waals surface area (Å²) in [4.78, 5) is 15.5. The van der Waals surface area contributed by atoms with Crippen molar-refractivity contribution < 1.29 is 4.92 Å². The molecular formula is C14H15N3O2S. The second-order valence-electron chi connectivity index (χ2n) is 4.12. The van der Waals surface area contributed by atoms with Crippen molar-refractivity contribution in [2.45, 2.75) is 17.6 Å². The normalized spacial score (nSPS) is 10.2. The van der Waals surface area contributed by atoms with E-state index in [-0.39, 0.29) is 5.69 Å². The number of pyridine rings is 1. The van der Waals surface area contributed by atoms with Gasteiger partial charge < -0.3 is 5.32 Å². The van der Waals surface area contributed by atoms with E-state index < -0.39 is 4.92 Å². The summed E-state index contributed by atoms with van der Waals surface area (Å²) in [5.41, 5.74) is 1.24. The van der Waals surface area contributed by atoms with Crippen molar-refractivity contribution >= 4 is 23.3 Å². The first-order valence-electron chi connectivity index (χ1n) is 6.25. The summed E-state index contributed by atoms with van der Waals surface area (Å²) in [7, 11) is 0. The second kappa shape index (κ2) is 6.91. The highest BCUT2D eigenvalue weighted by Gasteiger charge is 2.04. The first kappa shape index (κ1) is 14.3. The Morgan fingerprint density at radius 1 is 1.25 bits per heavy atom. The molecule has 2 aromatic rings. The van der Waals surface area contributed by atoms with Crippen LogP contribution in [0.1, 0.15) is 12.5 Å². The maximum atomic E-state index is 10.6. The molecule has 1 heterocycles. The molecule has 20 heavy (non-hydrogen) atoms. The van der Waals surface area contributed by atoms with Crippen LogP contribution in [0.2, 0.25) is 0 Å². The Hall–Kier alpha value is -2.08. The molecule has 6 heteroatoms. The third-order valence-corrected chi connectivity index (χ3v) is 3.72. The standard InChI is InChI=1S/C14H15N3O2S/c1-2-15-14-8-3-11(9-16-14)10-20-13-6-4-12(5-7-13)17(18)19/h3-9H,2,10H2,1H3,(H,15,16). The van der Waals surface area contributed by atoms with Crippen molar-refractivity contribution in [1.29, 1.82) is 0 Å². The van der Waals surface area contributed by atoms with E-state index in [0.29, 0.717) is 0 Å². The molecule has 0 fully saturated rings. The summed E-state index contributed by atoms with van der Waals surface area (Å²) in [5.74, 6) is 1.66. The maximum absolute atomic E-state index is 10.6. The van der Waals surface area contributed by atoms with Gasteiger partial charge in [0.2, 0.25) is 0 Å². The average molecular weight is 289 g/mol. The number of nitrogens with zero attached hydrogens (tertiary/aromatic N) is 2. The number of non-ortho nitro benzene ring substituents is 1. The summed E-state index contributed by atoms with van der Waals surface area (Å²) in [6.07, 6.45) is 1.84. The van der Waals surface area contributed by atoms with Crippen LogP contribution in [0.25, 0.3) is 0 Å². The third kappa shape index (κ3) is 3.96. The quantitative estimate of drug-likeness (QED) is 0.499. The van der Waals surface area contributed by atoms with Crippen LogP contribution in [0, 0.1) is 10.1 Å². The lowest BCUT2D eigenvalue weighted by Gasteiger charge is -2.04. The molecule has 1 N–H and O–H groups in total. The molecule has 0 aliphatic rings. The number of hydrogen-bond donors (Lipinski definition) is 1. The molecule has 104 valence electrons. The molecule has 0 unspecified atom stereocenters. The van der Waals surface area contributed by atoms with Gasteiger partial charge in [-0.15, -0.1) is 11.8 Å². The molecule has 0 aliphatic heterocycles. The number of benzene rings is 1. The number of nitrogens with one attached hydrogen (secondary N) is 1. The molecule has 1 aromatic carbocycles. The van der Waals surface area contributed by atoms with Crippen molar-refractivity contribution in [3.8, 4) is 0 Å². The van der Waals surface area contributed by atoms with E-state index in [1.54, 1.807) is 23.9 Å². The molecule has 0 amide bonds. The number of nitro benzene ring substituents is 1. The van der Waals surface area contributed by atoms with Crippen LogP contribution in [0.5, 0.6) is 0 Å². The molecule has 5 nitrogen and oxygen atoms in total. The van der Waals surface area contributed by atoms with Crippen LogP contribution < -0.4 is 5.32 Å². The average Bonchev–Trinajstić information content (AvgIpc) is 2.47. The number of rotatable bonds is 6. The fourth-order valence-electron chi connectivity index (χ4n) is 1.63. The van der Waals surface area contributed by atoms with Crippen molar-refractivity contribution in [2.75, 3.05) is 11.9 Å². The SMILES string of the molecule is CCNc1ccc(CSc2ccc([N+](=O)[O-])cc2)cn1. The fraction of sp³-hybridized carbons (Fsp3) is 0.214.